The molecule has 2 heterocycles. The van der Waals surface area contributed by atoms with Gasteiger partial charge in [-0.1, -0.05) is 0 Å². The number of benzene rings is 2. The molecule has 1 fully saturated rings. The fourth-order valence-electron chi connectivity index (χ4n) is 4.32. The van der Waals surface area contributed by atoms with Gasteiger partial charge in [-0.15, -0.1) is 0 Å². The fraction of sp³-hybridized carbons (Fsp3) is 0.400. The Bertz CT molecular complexity index is 1160. The van der Waals surface area contributed by atoms with Crippen molar-refractivity contribution in [2.24, 2.45) is 0 Å². The predicted octanol–water partition coefficient (Wildman–Crippen LogP) is 3.08. The second kappa shape index (κ2) is 9.99. The molecule has 3 amide bonds. The molecular formula is C25H27F2N3O5. The van der Waals surface area contributed by atoms with Gasteiger partial charge < -0.3 is 24.6 Å². The maximum atomic E-state index is 13.5. The van der Waals surface area contributed by atoms with E-state index >= 15 is 0 Å². The molecular weight excluding hydrogens is 460 g/mol. The third kappa shape index (κ3) is 5.27. The molecule has 0 saturated carbocycles. The Morgan fingerprint density at radius 2 is 1.89 bits per heavy atom. The number of nitrogens with zero attached hydrogens (tertiary/aromatic N) is 2. The highest BCUT2D eigenvalue weighted by molar-refractivity contribution is 6.05. The summed E-state index contributed by atoms with van der Waals surface area (Å²) in [6.45, 7) is 0.197. The number of likely N-dealkylation sites (N-methyl/N-ethyl adjacent to an activating group) is 1. The Morgan fingerprint density at radius 1 is 1.11 bits per heavy atom. The summed E-state index contributed by atoms with van der Waals surface area (Å²) >= 11 is 0. The summed E-state index contributed by atoms with van der Waals surface area (Å²) < 4.78 is 38.7. The highest BCUT2D eigenvalue weighted by atomic mass is 19.2. The molecule has 2 aliphatic rings. The summed E-state index contributed by atoms with van der Waals surface area (Å²) in [6, 6.07) is 7.24. The van der Waals surface area contributed by atoms with Gasteiger partial charge in [-0.2, -0.15) is 0 Å². The zero-order chi connectivity index (χ0) is 25.3. The van der Waals surface area contributed by atoms with E-state index in [0.29, 0.717) is 24.3 Å². The predicted molar refractivity (Wildman–Crippen MR) is 123 cm³/mol. The van der Waals surface area contributed by atoms with Gasteiger partial charge in [0.15, 0.2) is 11.6 Å². The Balaban J connectivity index is 1.50. The van der Waals surface area contributed by atoms with Crippen molar-refractivity contribution in [3.05, 3.63) is 59.2 Å². The number of rotatable bonds is 4. The zero-order valence-corrected chi connectivity index (χ0v) is 19.7. The van der Waals surface area contributed by atoms with Crippen LogP contribution in [0.1, 0.15) is 40.0 Å². The summed E-state index contributed by atoms with van der Waals surface area (Å²) in [5, 5.41) is 2.60. The van der Waals surface area contributed by atoms with Crippen LogP contribution in [-0.4, -0.2) is 73.5 Å². The van der Waals surface area contributed by atoms with Crippen LogP contribution in [0.15, 0.2) is 36.4 Å². The van der Waals surface area contributed by atoms with E-state index in [2.05, 4.69) is 5.32 Å². The van der Waals surface area contributed by atoms with E-state index in [1.807, 2.05) is 0 Å². The van der Waals surface area contributed by atoms with Gasteiger partial charge in [0.25, 0.3) is 11.8 Å². The first-order valence-electron chi connectivity index (χ1n) is 11.3. The molecule has 0 aromatic heterocycles. The van der Waals surface area contributed by atoms with Gasteiger partial charge >= 0.3 is 0 Å². The molecule has 2 aromatic carbocycles. The summed E-state index contributed by atoms with van der Waals surface area (Å²) in [5.41, 5.74) is 0.516. The van der Waals surface area contributed by atoms with Gasteiger partial charge in [0.2, 0.25) is 5.91 Å². The van der Waals surface area contributed by atoms with Crippen LogP contribution in [0, 0.1) is 11.6 Å². The van der Waals surface area contributed by atoms with E-state index in [1.165, 1.54) is 17.0 Å². The lowest BCUT2D eigenvalue weighted by Crippen LogP contribution is -2.53. The van der Waals surface area contributed by atoms with Crippen LogP contribution in [0.2, 0.25) is 0 Å². The standard InChI is InChI=1S/C25H27F2N3O5/c1-29(2)23(31)12-16-6-8-20-22(35-16)13-34-21-9-5-15(11-17(21)25(33)30(20)3)28-24(32)14-4-7-18(26)19(27)10-14/h4-5,7,9-11,16,20,22H,6,8,12-13H2,1-3H3,(H,28,32)/t16-,20+,22-/m0/s1. The monoisotopic (exact) mass is 487 g/mol. The van der Waals surface area contributed by atoms with Crippen LogP contribution in [0.5, 0.6) is 5.75 Å². The summed E-state index contributed by atoms with van der Waals surface area (Å²) in [5.74, 6) is -2.80. The molecule has 4 rings (SSSR count). The number of amides is 3. The molecule has 35 heavy (non-hydrogen) atoms. The zero-order valence-electron chi connectivity index (χ0n) is 19.7. The van der Waals surface area contributed by atoms with Crippen LogP contribution in [0.25, 0.3) is 0 Å². The second-order valence-corrected chi connectivity index (χ2v) is 8.95. The van der Waals surface area contributed by atoms with Crippen molar-refractivity contribution in [3.8, 4) is 5.75 Å². The number of carbonyl (C=O) groups is 3. The topological polar surface area (TPSA) is 88.2 Å². The molecule has 3 atom stereocenters. The molecule has 2 aromatic rings. The van der Waals surface area contributed by atoms with Crippen molar-refractivity contribution in [2.75, 3.05) is 33.1 Å². The molecule has 10 heteroatoms. The lowest BCUT2D eigenvalue weighted by atomic mass is 9.94. The Kier molecular flexibility index (Phi) is 7.02. The normalized spacial score (nSPS) is 21.7. The van der Waals surface area contributed by atoms with Gasteiger partial charge in [-0.05, 0) is 49.2 Å². The minimum Gasteiger partial charge on any atom is -0.490 e. The maximum absolute atomic E-state index is 13.5. The number of hydrogen-bond acceptors (Lipinski definition) is 5. The average Bonchev–Trinajstić information content (AvgIpc) is 2.83. The first-order chi connectivity index (χ1) is 16.6. The molecule has 0 spiro atoms. The summed E-state index contributed by atoms with van der Waals surface area (Å²) in [6.07, 6.45) is 0.925. The summed E-state index contributed by atoms with van der Waals surface area (Å²) in [4.78, 5) is 41.0. The Hall–Kier alpha value is -3.53. The van der Waals surface area contributed by atoms with Gasteiger partial charge in [0.1, 0.15) is 18.5 Å². The van der Waals surface area contributed by atoms with Crippen molar-refractivity contribution in [2.45, 2.75) is 37.5 Å². The lowest BCUT2D eigenvalue weighted by Gasteiger charge is -2.42. The van der Waals surface area contributed by atoms with Crippen molar-refractivity contribution in [3.63, 3.8) is 0 Å². The van der Waals surface area contributed by atoms with Crippen molar-refractivity contribution < 1.29 is 32.6 Å². The average molecular weight is 488 g/mol. The first-order valence-corrected chi connectivity index (χ1v) is 11.3. The Labute approximate surface area is 201 Å². The van der Waals surface area contributed by atoms with E-state index in [0.717, 1.165) is 12.1 Å². The number of fused-ring (bicyclic) bond motifs is 2. The van der Waals surface area contributed by atoms with Gasteiger partial charge in [0, 0.05) is 32.4 Å². The number of anilines is 1. The first kappa shape index (κ1) is 24.6. The molecule has 1 saturated heterocycles. The van der Waals surface area contributed by atoms with Crippen LogP contribution < -0.4 is 10.1 Å². The molecule has 1 N–H and O–H groups in total. The van der Waals surface area contributed by atoms with Crippen LogP contribution in [0.4, 0.5) is 14.5 Å². The minimum atomic E-state index is -1.13. The number of halogens is 2. The molecule has 0 bridgehead atoms. The van der Waals surface area contributed by atoms with Crippen LogP contribution in [-0.2, 0) is 9.53 Å². The molecule has 0 aliphatic carbocycles. The van der Waals surface area contributed by atoms with Crippen molar-refractivity contribution in [1.82, 2.24) is 9.80 Å². The molecule has 0 unspecified atom stereocenters. The molecule has 8 nitrogen and oxygen atoms in total. The second-order valence-electron chi connectivity index (χ2n) is 8.95. The summed E-state index contributed by atoms with van der Waals surface area (Å²) in [7, 11) is 5.09. The SMILES string of the molecule is CN(C)C(=O)C[C@@H]1CC[C@@H]2[C@H](COc3ccc(NC(=O)c4ccc(F)c(F)c4)cc3C(=O)N2C)O1. The Morgan fingerprint density at radius 3 is 2.60 bits per heavy atom. The largest absolute Gasteiger partial charge is 0.490 e. The quantitative estimate of drug-likeness (QED) is 0.716. The molecule has 2 aliphatic heterocycles. The maximum Gasteiger partial charge on any atom is 0.257 e. The van der Waals surface area contributed by atoms with Gasteiger partial charge in [-0.3, -0.25) is 14.4 Å². The van der Waals surface area contributed by atoms with E-state index < -0.39 is 23.6 Å². The van der Waals surface area contributed by atoms with Crippen LogP contribution >= 0.6 is 0 Å². The van der Waals surface area contributed by atoms with Gasteiger partial charge in [0.05, 0.1) is 24.1 Å². The third-order valence-electron chi connectivity index (χ3n) is 6.35. The number of hydrogen-bond donors (Lipinski definition) is 1. The minimum absolute atomic E-state index is 0.0204. The van der Waals surface area contributed by atoms with Crippen molar-refractivity contribution in [1.29, 1.82) is 0 Å². The van der Waals surface area contributed by atoms with E-state index in [1.54, 1.807) is 38.2 Å². The number of ether oxygens (including phenoxy) is 2. The highest BCUT2D eigenvalue weighted by Gasteiger charge is 2.39. The smallest absolute Gasteiger partial charge is 0.257 e. The number of nitrogens with one attached hydrogen (secondary N) is 1. The van der Waals surface area contributed by atoms with E-state index in [9.17, 15) is 23.2 Å². The van der Waals surface area contributed by atoms with E-state index in [4.69, 9.17) is 9.47 Å². The molecule has 0 radical (unpaired) electrons. The van der Waals surface area contributed by atoms with Crippen molar-refractivity contribution >= 4 is 23.4 Å². The van der Waals surface area contributed by atoms with Gasteiger partial charge in [-0.25, -0.2) is 8.78 Å². The van der Waals surface area contributed by atoms with E-state index in [-0.39, 0.29) is 48.1 Å². The lowest BCUT2D eigenvalue weighted by molar-refractivity contribution is -0.140. The number of carbonyl (C=O) groups excluding carboxylic acids is 3. The highest BCUT2D eigenvalue weighted by Crippen LogP contribution is 2.32. The fourth-order valence-corrected chi connectivity index (χ4v) is 4.32. The van der Waals surface area contributed by atoms with Crippen LogP contribution in [0.3, 0.4) is 0 Å². The molecule has 186 valence electrons. The third-order valence-corrected chi connectivity index (χ3v) is 6.35.